The van der Waals surface area contributed by atoms with Crippen molar-refractivity contribution in [3.63, 3.8) is 0 Å². The van der Waals surface area contributed by atoms with Gasteiger partial charge in [-0.3, -0.25) is 4.79 Å². The van der Waals surface area contributed by atoms with Gasteiger partial charge in [-0.25, -0.2) is 0 Å². The first-order valence-corrected chi connectivity index (χ1v) is 10.8. The Kier molecular flexibility index (Phi) is 7.83. The lowest BCUT2D eigenvalue weighted by Gasteiger charge is -2.17. The largest absolute Gasteiger partial charge is 0.507 e. The molecule has 0 aromatic heterocycles. The Bertz CT molecular complexity index is 1080. The van der Waals surface area contributed by atoms with Crippen molar-refractivity contribution in [3.05, 3.63) is 75.8 Å². The van der Waals surface area contributed by atoms with Crippen LogP contribution in [0.2, 0.25) is 5.02 Å². The minimum absolute atomic E-state index is 0.124. The van der Waals surface area contributed by atoms with E-state index in [1.807, 2.05) is 38.1 Å². The molecule has 0 aliphatic heterocycles. The third-order valence-electron chi connectivity index (χ3n) is 5.15. The summed E-state index contributed by atoms with van der Waals surface area (Å²) in [5.41, 5.74) is 5.43. The van der Waals surface area contributed by atoms with Gasteiger partial charge in [0.1, 0.15) is 23.9 Å². The van der Waals surface area contributed by atoms with Gasteiger partial charge in [0.25, 0.3) is 0 Å². The second-order valence-corrected chi connectivity index (χ2v) is 7.94. The minimum atomic E-state index is -0.165. The highest BCUT2D eigenvalue weighted by atomic mass is 35.5. The molecule has 0 atom stereocenters. The van der Waals surface area contributed by atoms with E-state index >= 15 is 0 Å². The maximum Gasteiger partial charge on any atom is 0.153 e. The number of carbonyl (C=O) groups is 1. The smallest absolute Gasteiger partial charge is 0.153 e. The van der Waals surface area contributed by atoms with Crippen molar-refractivity contribution in [1.82, 2.24) is 0 Å². The van der Waals surface area contributed by atoms with Crippen LogP contribution < -0.4 is 9.47 Å². The molecule has 162 valence electrons. The van der Waals surface area contributed by atoms with E-state index in [1.165, 1.54) is 12.1 Å². The third kappa shape index (κ3) is 5.33. The Morgan fingerprint density at radius 1 is 0.968 bits per heavy atom. The minimum Gasteiger partial charge on any atom is -0.507 e. The fourth-order valence-electron chi connectivity index (χ4n) is 3.35. The van der Waals surface area contributed by atoms with Crippen molar-refractivity contribution in [1.29, 1.82) is 0 Å². The van der Waals surface area contributed by atoms with E-state index in [1.54, 1.807) is 0 Å². The third-order valence-corrected chi connectivity index (χ3v) is 5.71. The molecule has 0 fully saturated rings. The summed E-state index contributed by atoms with van der Waals surface area (Å²) in [6, 6.07) is 14.8. The molecule has 0 heterocycles. The van der Waals surface area contributed by atoms with Gasteiger partial charge in [-0.15, -0.1) is 11.6 Å². The molecule has 0 amide bonds. The quantitative estimate of drug-likeness (QED) is 0.219. The molecule has 0 spiro atoms. The number of phenols is 1. The number of carbonyl (C=O) groups excluding carboxylic acids is 1. The second kappa shape index (κ2) is 10.6. The van der Waals surface area contributed by atoms with Crippen molar-refractivity contribution in [2.24, 2.45) is 0 Å². The molecular weight excluding hydrogens is 435 g/mol. The van der Waals surface area contributed by atoms with Crippen molar-refractivity contribution >= 4 is 29.5 Å². The van der Waals surface area contributed by atoms with Crippen LogP contribution in [0.1, 0.15) is 33.5 Å². The number of hydrogen-bond donors (Lipinski definition) is 1. The van der Waals surface area contributed by atoms with Crippen molar-refractivity contribution in [2.75, 3.05) is 12.5 Å². The maximum atomic E-state index is 10.9. The van der Waals surface area contributed by atoms with E-state index < -0.39 is 0 Å². The van der Waals surface area contributed by atoms with Crippen molar-refractivity contribution in [3.8, 4) is 28.4 Å². The van der Waals surface area contributed by atoms with Gasteiger partial charge < -0.3 is 14.6 Å². The van der Waals surface area contributed by atoms with Gasteiger partial charge in [-0.2, -0.15) is 0 Å². The van der Waals surface area contributed by atoms with Gasteiger partial charge in [0.05, 0.1) is 17.2 Å². The number of rotatable bonds is 9. The summed E-state index contributed by atoms with van der Waals surface area (Å²) in [6.45, 7) is 4.94. The zero-order valence-electron chi connectivity index (χ0n) is 17.5. The SMILES string of the molecule is Cc1c(COc2cc(O)c(C=O)cc2Cl)cccc1-c1cccc(OCCCCl)c1C. The summed E-state index contributed by atoms with van der Waals surface area (Å²) in [5.74, 6) is 1.57. The number of ether oxygens (including phenoxy) is 2. The van der Waals surface area contributed by atoms with Crippen LogP contribution >= 0.6 is 23.2 Å². The topological polar surface area (TPSA) is 55.8 Å². The molecule has 0 radical (unpaired) electrons. The molecule has 4 nitrogen and oxygen atoms in total. The van der Waals surface area contributed by atoms with Gasteiger partial charge >= 0.3 is 0 Å². The molecule has 3 aromatic carbocycles. The van der Waals surface area contributed by atoms with Crippen LogP contribution in [0, 0.1) is 13.8 Å². The van der Waals surface area contributed by atoms with Crippen LogP contribution in [0.25, 0.3) is 11.1 Å². The number of aromatic hydroxyl groups is 1. The zero-order valence-corrected chi connectivity index (χ0v) is 19.0. The van der Waals surface area contributed by atoms with Gasteiger partial charge in [0.15, 0.2) is 6.29 Å². The highest BCUT2D eigenvalue weighted by Gasteiger charge is 2.13. The zero-order chi connectivity index (χ0) is 22.4. The highest BCUT2D eigenvalue weighted by molar-refractivity contribution is 6.32. The highest BCUT2D eigenvalue weighted by Crippen LogP contribution is 2.35. The van der Waals surface area contributed by atoms with Gasteiger partial charge in [-0.05, 0) is 60.2 Å². The van der Waals surface area contributed by atoms with Gasteiger partial charge in [0, 0.05) is 11.9 Å². The molecule has 31 heavy (non-hydrogen) atoms. The predicted octanol–water partition coefficient (Wildman–Crippen LogP) is 6.73. The molecule has 0 aliphatic carbocycles. The molecule has 6 heteroatoms. The lowest BCUT2D eigenvalue weighted by molar-refractivity contribution is 0.112. The molecule has 0 unspecified atom stereocenters. The van der Waals surface area contributed by atoms with Crippen LogP contribution in [0.3, 0.4) is 0 Å². The monoisotopic (exact) mass is 458 g/mol. The lowest BCUT2D eigenvalue weighted by Crippen LogP contribution is -2.02. The summed E-state index contributed by atoms with van der Waals surface area (Å²) in [5, 5.41) is 10.2. The average Bonchev–Trinajstić information content (AvgIpc) is 2.76. The fourth-order valence-corrected chi connectivity index (χ4v) is 3.69. The summed E-state index contributed by atoms with van der Waals surface area (Å²) >= 11 is 11.9. The summed E-state index contributed by atoms with van der Waals surface area (Å²) in [6.07, 6.45) is 1.34. The number of halogens is 2. The van der Waals surface area contributed by atoms with E-state index in [4.69, 9.17) is 32.7 Å². The molecule has 0 saturated heterocycles. The molecule has 3 rings (SSSR count). The molecule has 0 saturated carbocycles. The molecule has 0 bridgehead atoms. The normalized spacial score (nSPS) is 10.7. The second-order valence-electron chi connectivity index (χ2n) is 7.16. The van der Waals surface area contributed by atoms with Crippen molar-refractivity contribution in [2.45, 2.75) is 26.9 Å². The maximum absolute atomic E-state index is 10.9. The van der Waals surface area contributed by atoms with Crippen LogP contribution in [-0.4, -0.2) is 23.9 Å². The summed E-state index contributed by atoms with van der Waals surface area (Å²) in [4.78, 5) is 10.9. The lowest BCUT2D eigenvalue weighted by atomic mass is 9.93. The van der Waals surface area contributed by atoms with E-state index in [9.17, 15) is 9.90 Å². The Morgan fingerprint density at radius 3 is 2.39 bits per heavy atom. The first-order valence-electron chi connectivity index (χ1n) is 9.94. The number of aldehydes is 1. The van der Waals surface area contributed by atoms with Gasteiger partial charge in [0.2, 0.25) is 0 Å². The standard InChI is InChI=1S/C25H24Cl2O4/c1-16-18(15-31-25-13-23(29)19(14-28)12-22(25)27)6-3-7-20(16)21-8-4-9-24(17(21)2)30-11-5-10-26/h3-4,6-9,12-14,29H,5,10-11,15H2,1-2H3. The summed E-state index contributed by atoms with van der Waals surface area (Å²) < 4.78 is 11.7. The van der Waals surface area contributed by atoms with E-state index in [0.29, 0.717) is 24.5 Å². The van der Waals surface area contributed by atoms with Crippen molar-refractivity contribution < 1.29 is 19.4 Å². The Labute approximate surface area is 192 Å². The number of phenolic OH excluding ortho intramolecular Hbond substituents is 1. The summed E-state index contributed by atoms with van der Waals surface area (Å²) in [7, 11) is 0. The van der Waals surface area contributed by atoms with Crippen LogP contribution in [0.5, 0.6) is 17.2 Å². The molecular formula is C25H24Cl2O4. The number of hydrogen-bond acceptors (Lipinski definition) is 4. The molecule has 3 aromatic rings. The van der Waals surface area contributed by atoms with Gasteiger partial charge in [-0.1, -0.05) is 41.9 Å². The van der Waals surface area contributed by atoms with E-state index in [0.717, 1.165) is 40.0 Å². The Morgan fingerprint density at radius 2 is 1.68 bits per heavy atom. The molecule has 0 aliphatic rings. The fraction of sp³-hybridized carbons (Fsp3) is 0.240. The number of alkyl halides is 1. The number of benzene rings is 3. The average molecular weight is 459 g/mol. The first kappa shape index (κ1) is 23.0. The van der Waals surface area contributed by atoms with E-state index in [-0.39, 0.29) is 22.9 Å². The Hall–Kier alpha value is -2.69. The van der Waals surface area contributed by atoms with Crippen LogP contribution in [0.4, 0.5) is 0 Å². The molecule has 1 N–H and O–H groups in total. The Balaban J connectivity index is 1.85. The van der Waals surface area contributed by atoms with Crippen LogP contribution in [-0.2, 0) is 6.61 Å². The predicted molar refractivity (Wildman–Crippen MR) is 125 cm³/mol. The van der Waals surface area contributed by atoms with Crippen LogP contribution in [0.15, 0.2) is 48.5 Å². The van der Waals surface area contributed by atoms with E-state index in [2.05, 4.69) is 12.1 Å². The first-order chi connectivity index (χ1) is 15.0.